The Kier molecular flexibility index (Phi) is 4.59. The molecule has 1 aromatic heterocycles. The summed E-state index contributed by atoms with van der Waals surface area (Å²) in [5.74, 6) is 0. The minimum atomic E-state index is -4.17. The van der Waals surface area contributed by atoms with Crippen LogP contribution in [0.3, 0.4) is 0 Å². The number of aryl methyl sites for hydroxylation is 1. The van der Waals surface area contributed by atoms with Gasteiger partial charge in [-0.3, -0.25) is 0 Å². The van der Waals surface area contributed by atoms with Crippen molar-refractivity contribution < 1.29 is 13.2 Å². The number of rotatable bonds is 5. The monoisotopic (exact) mass is 303 g/mol. The van der Waals surface area contributed by atoms with E-state index in [0.717, 1.165) is 21.8 Å². The lowest BCUT2D eigenvalue weighted by Gasteiger charge is -2.12. The molecule has 0 spiro atoms. The number of benzene rings is 1. The molecule has 0 aliphatic heterocycles. The number of hydrogen-bond donors (Lipinski definition) is 2. The van der Waals surface area contributed by atoms with Gasteiger partial charge in [0, 0.05) is 11.8 Å². The standard InChI is InChI=1S/C13H16F3N3S/c1-8-3-4-10-11(5-8)19-12(18-10)20-9(2)6-17-7-13(14,15)16/h3-5,9,17H,6-7H2,1-2H3,(H,18,19). The average Bonchev–Trinajstić information content (AvgIpc) is 2.68. The van der Waals surface area contributed by atoms with E-state index >= 15 is 0 Å². The third-order valence-electron chi connectivity index (χ3n) is 2.69. The smallest absolute Gasteiger partial charge is 0.333 e. The van der Waals surface area contributed by atoms with Crippen molar-refractivity contribution in [2.24, 2.45) is 0 Å². The van der Waals surface area contributed by atoms with Gasteiger partial charge in [0.1, 0.15) is 0 Å². The molecule has 7 heteroatoms. The molecule has 0 fully saturated rings. The van der Waals surface area contributed by atoms with Crippen molar-refractivity contribution in [2.45, 2.75) is 30.4 Å². The second-order valence-electron chi connectivity index (χ2n) is 4.74. The topological polar surface area (TPSA) is 40.7 Å². The minimum absolute atomic E-state index is 0.000917. The molecule has 1 unspecified atom stereocenters. The van der Waals surface area contributed by atoms with Crippen molar-refractivity contribution in [3.8, 4) is 0 Å². The van der Waals surface area contributed by atoms with Crippen LogP contribution < -0.4 is 5.32 Å². The van der Waals surface area contributed by atoms with E-state index in [2.05, 4.69) is 15.3 Å². The van der Waals surface area contributed by atoms with Crippen molar-refractivity contribution in [1.82, 2.24) is 15.3 Å². The lowest BCUT2D eigenvalue weighted by atomic mass is 10.2. The Labute approximate surface area is 119 Å². The Morgan fingerprint density at radius 1 is 1.40 bits per heavy atom. The van der Waals surface area contributed by atoms with E-state index in [4.69, 9.17) is 0 Å². The van der Waals surface area contributed by atoms with Crippen LogP contribution in [0.1, 0.15) is 12.5 Å². The number of fused-ring (bicyclic) bond motifs is 1. The Hall–Kier alpha value is -1.21. The van der Waals surface area contributed by atoms with Crippen LogP contribution in [0.25, 0.3) is 11.0 Å². The van der Waals surface area contributed by atoms with E-state index in [-0.39, 0.29) is 11.8 Å². The van der Waals surface area contributed by atoms with Crippen molar-refractivity contribution in [3.05, 3.63) is 23.8 Å². The molecule has 0 saturated carbocycles. The SMILES string of the molecule is Cc1ccc2nc(SC(C)CNCC(F)(F)F)[nH]c2c1. The number of thioether (sulfide) groups is 1. The molecule has 0 bridgehead atoms. The third kappa shape index (κ3) is 4.42. The molecule has 2 N–H and O–H groups in total. The predicted octanol–water partition coefficient (Wildman–Crippen LogP) is 3.50. The second kappa shape index (κ2) is 6.05. The van der Waals surface area contributed by atoms with Gasteiger partial charge in [-0.2, -0.15) is 13.2 Å². The lowest BCUT2D eigenvalue weighted by molar-refractivity contribution is -0.124. The number of nitrogens with one attached hydrogen (secondary N) is 2. The first-order valence-corrected chi connectivity index (χ1v) is 7.12. The van der Waals surface area contributed by atoms with Gasteiger partial charge >= 0.3 is 6.18 Å². The first-order chi connectivity index (χ1) is 9.33. The molecule has 0 aliphatic carbocycles. The van der Waals surface area contributed by atoms with Gasteiger partial charge in [0.15, 0.2) is 5.16 Å². The van der Waals surface area contributed by atoms with Crippen LogP contribution in [0.5, 0.6) is 0 Å². The highest BCUT2D eigenvalue weighted by Crippen LogP contribution is 2.23. The normalized spacial score (nSPS) is 13.8. The summed E-state index contributed by atoms with van der Waals surface area (Å²) in [6, 6.07) is 5.91. The van der Waals surface area contributed by atoms with Gasteiger partial charge in [0.25, 0.3) is 0 Å². The van der Waals surface area contributed by atoms with Gasteiger partial charge < -0.3 is 10.3 Å². The fourth-order valence-corrected chi connectivity index (χ4v) is 2.71. The molecule has 0 aliphatic rings. The summed E-state index contributed by atoms with van der Waals surface area (Å²) >= 11 is 1.43. The van der Waals surface area contributed by atoms with Gasteiger partial charge in [-0.05, 0) is 24.6 Å². The van der Waals surface area contributed by atoms with Gasteiger partial charge in [-0.25, -0.2) is 4.98 Å². The molecule has 0 amide bonds. The number of nitrogens with zero attached hydrogens (tertiary/aromatic N) is 1. The molecule has 110 valence electrons. The molecule has 0 saturated heterocycles. The van der Waals surface area contributed by atoms with Gasteiger partial charge in [0.2, 0.25) is 0 Å². The number of hydrogen-bond acceptors (Lipinski definition) is 3. The molecule has 20 heavy (non-hydrogen) atoms. The van der Waals surface area contributed by atoms with Crippen LogP contribution in [-0.2, 0) is 0 Å². The molecule has 1 aromatic carbocycles. The van der Waals surface area contributed by atoms with E-state index in [1.54, 1.807) is 0 Å². The molecule has 0 radical (unpaired) electrons. The first-order valence-electron chi connectivity index (χ1n) is 6.24. The minimum Gasteiger partial charge on any atom is -0.333 e. The Balaban J connectivity index is 1.91. The molecule has 2 rings (SSSR count). The van der Waals surface area contributed by atoms with E-state index in [9.17, 15) is 13.2 Å². The van der Waals surface area contributed by atoms with Crippen LogP contribution in [0.4, 0.5) is 13.2 Å². The molecule has 1 heterocycles. The highest BCUT2D eigenvalue weighted by atomic mass is 32.2. The first kappa shape index (κ1) is 15.2. The van der Waals surface area contributed by atoms with Crippen LogP contribution in [0.2, 0.25) is 0 Å². The Morgan fingerprint density at radius 2 is 2.15 bits per heavy atom. The molecular formula is C13H16F3N3S. The highest BCUT2D eigenvalue weighted by Gasteiger charge is 2.26. The number of imidazole rings is 1. The Morgan fingerprint density at radius 3 is 2.85 bits per heavy atom. The summed E-state index contributed by atoms with van der Waals surface area (Å²) in [5, 5.41) is 3.13. The maximum atomic E-state index is 12.0. The molecule has 3 nitrogen and oxygen atoms in total. The Bertz CT molecular complexity index is 580. The van der Waals surface area contributed by atoms with E-state index in [1.165, 1.54) is 11.8 Å². The quantitative estimate of drug-likeness (QED) is 0.831. The van der Waals surface area contributed by atoms with Crippen molar-refractivity contribution >= 4 is 22.8 Å². The number of aromatic nitrogens is 2. The van der Waals surface area contributed by atoms with Gasteiger partial charge in [-0.15, -0.1) is 0 Å². The van der Waals surface area contributed by atoms with E-state index < -0.39 is 12.7 Å². The lowest BCUT2D eigenvalue weighted by Crippen LogP contribution is -2.32. The maximum Gasteiger partial charge on any atom is 0.401 e. The zero-order valence-corrected chi connectivity index (χ0v) is 12.0. The second-order valence-corrected chi connectivity index (χ2v) is 6.16. The van der Waals surface area contributed by atoms with E-state index in [0.29, 0.717) is 0 Å². The summed E-state index contributed by atoms with van der Waals surface area (Å²) < 4.78 is 36.1. The van der Waals surface area contributed by atoms with Crippen molar-refractivity contribution in [3.63, 3.8) is 0 Å². The van der Waals surface area contributed by atoms with Gasteiger partial charge in [-0.1, -0.05) is 24.8 Å². The fraction of sp³-hybridized carbons (Fsp3) is 0.462. The van der Waals surface area contributed by atoms with Crippen molar-refractivity contribution in [1.29, 1.82) is 0 Å². The predicted molar refractivity (Wildman–Crippen MR) is 75.1 cm³/mol. The number of aromatic amines is 1. The van der Waals surface area contributed by atoms with Crippen molar-refractivity contribution in [2.75, 3.05) is 13.1 Å². The highest BCUT2D eigenvalue weighted by molar-refractivity contribution is 7.99. The van der Waals surface area contributed by atoms with Crippen LogP contribution in [-0.4, -0.2) is 34.5 Å². The summed E-state index contributed by atoms with van der Waals surface area (Å²) in [6.07, 6.45) is -4.17. The fourth-order valence-electron chi connectivity index (χ4n) is 1.81. The summed E-state index contributed by atoms with van der Waals surface area (Å²) in [5.41, 5.74) is 2.95. The maximum absolute atomic E-state index is 12.0. The third-order valence-corrected chi connectivity index (χ3v) is 3.67. The van der Waals surface area contributed by atoms with Crippen LogP contribution >= 0.6 is 11.8 Å². The summed E-state index contributed by atoms with van der Waals surface area (Å²) in [7, 11) is 0. The molecule has 1 atom stereocenters. The van der Waals surface area contributed by atoms with Crippen LogP contribution in [0, 0.1) is 6.92 Å². The summed E-state index contributed by atoms with van der Waals surface area (Å²) in [4.78, 5) is 7.58. The largest absolute Gasteiger partial charge is 0.401 e. The molecular weight excluding hydrogens is 287 g/mol. The average molecular weight is 303 g/mol. The number of halogens is 3. The van der Waals surface area contributed by atoms with Gasteiger partial charge in [0.05, 0.1) is 17.6 Å². The zero-order chi connectivity index (χ0) is 14.8. The molecule has 2 aromatic rings. The van der Waals surface area contributed by atoms with E-state index in [1.807, 2.05) is 32.0 Å². The summed E-state index contributed by atoms with van der Waals surface area (Å²) in [6.45, 7) is 3.18. The number of alkyl halides is 3. The zero-order valence-electron chi connectivity index (χ0n) is 11.2. The van der Waals surface area contributed by atoms with Crippen LogP contribution in [0.15, 0.2) is 23.4 Å². The number of H-pyrrole nitrogens is 1.